The van der Waals surface area contributed by atoms with E-state index in [1.54, 1.807) is 7.11 Å². The number of Topliss-reactive ketones (excluding diaryl/α,β-unsaturated/α-hetero) is 1. The smallest absolute Gasteiger partial charge is 0.183 e. The number of hydrogen-bond donors (Lipinski definition) is 0. The summed E-state index contributed by atoms with van der Waals surface area (Å²) in [5, 5.41) is 0. The van der Waals surface area contributed by atoms with Gasteiger partial charge in [0, 0.05) is 18.9 Å². The highest BCUT2D eigenvalue weighted by molar-refractivity contribution is 5.84. The van der Waals surface area contributed by atoms with Crippen molar-refractivity contribution in [2.24, 2.45) is 5.41 Å². The minimum absolute atomic E-state index is 0.101. The third kappa shape index (κ3) is 3.55. The van der Waals surface area contributed by atoms with Gasteiger partial charge in [0.15, 0.2) is 12.1 Å². The summed E-state index contributed by atoms with van der Waals surface area (Å²) in [5.41, 5.74) is -0.345. The summed E-state index contributed by atoms with van der Waals surface area (Å²) in [6.45, 7) is 6.43. The van der Waals surface area contributed by atoms with Crippen molar-refractivity contribution in [3.05, 3.63) is 0 Å². The monoisotopic (exact) mass is 216 g/mol. The molecule has 1 heterocycles. The Balaban J connectivity index is 2.34. The fourth-order valence-electron chi connectivity index (χ4n) is 1.32. The summed E-state index contributed by atoms with van der Waals surface area (Å²) in [7, 11) is 1.58. The first-order valence-electron chi connectivity index (χ1n) is 5.24. The lowest BCUT2D eigenvalue weighted by Gasteiger charge is -2.20. The quantitative estimate of drug-likeness (QED) is 0.712. The molecule has 0 aliphatic carbocycles. The van der Waals surface area contributed by atoms with Gasteiger partial charge >= 0.3 is 0 Å². The first-order chi connectivity index (χ1) is 6.95. The highest BCUT2D eigenvalue weighted by atomic mass is 16.7. The van der Waals surface area contributed by atoms with Crippen LogP contribution in [-0.4, -0.2) is 38.5 Å². The summed E-state index contributed by atoms with van der Waals surface area (Å²) in [6, 6.07) is 0. The number of hydrogen-bond acceptors (Lipinski definition) is 4. The van der Waals surface area contributed by atoms with Crippen molar-refractivity contribution in [1.29, 1.82) is 0 Å². The maximum absolute atomic E-state index is 11.6. The van der Waals surface area contributed by atoms with Gasteiger partial charge in [0.25, 0.3) is 0 Å². The van der Waals surface area contributed by atoms with E-state index in [4.69, 9.17) is 14.2 Å². The Labute approximate surface area is 90.9 Å². The van der Waals surface area contributed by atoms with Crippen LogP contribution in [-0.2, 0) is 19.0 Å². The van der Waals surface area contributed by atoms with Gasteiger partial charge < -0.3 is 14.2 Å². The van der Waals surface area contributed by atoms with Gasteiger partial charge in [0.05, 0.1) is 6.61 Å². The van der Waals surface area contributed by atoms with Gasteiger partial charge in [-0.3, -0.25) is 4.79 Å². The zero-order valence-corrected chi connectivity index (χ0v) is 9.91. The molecule has 0 aromatic carbocycles. The van der Waals surface area contributed by atoms with Crippen LogP contribution < -0.4 is 0 Å². The van der Waals surface area contributed by atoms with Crippen LogP contribution in [0, 0.1) is 5.41 Å². The van der Waals surface area contributed by atoms with Crippen molar-refractivity contribution >= 4 is 5.78 Å². The van der Waals surface area contributed by atoms with Crippen molar-refractivity contribution in [2.45, 2.75) is 39.6 Å². The summed E-state index contributed by atoms with van der Waals surface area (Å²) >= 11 is 0. The number of carbonyl (C=O) groups is 1. The third-order valence-electron chi connectivity index (χ3n) is 2.49. The van der Waals surface area contributed by atoms with Crippen LogP contribution in [0.2, 0.25) is 0 Å². The van der Waals surface area contributed by atoms with Gasteiger partial charge in [-0.15, -0.1) is 0 Å². The molecule has 1 fully saturated rings. The summed E-state index contributed by atoms with van der Waals surface area (Å²) in [4.78, 5) is 11.6. The molecule has 0 aromatic heterocycles. The second-order valence-corrected chi connectivity index (χ2v) is 4.79. The lowest BCUT2D eigenvalue weighted by atomic mass is 9.91. The van der Waals surface area contributed by atoms with E-state index in [0.29, 0.717) is 6.61 Å². The third-order valence-corrected chi connectivity index (χ3v) is 2.49. The Morgan fingerprint density at radius 2 is 2.13 bits per heavy atom. The van der Waals surface area contributed by atoms with Crippen LogP contribution in [0.1, 0.15) is 27.2 Å². The van der Waals surface area contributed by atoms with E-state index in [1.165, 1.54) is 0 Å². The van der Waals surface area contributed by atoms with Gasteiger partial charge in [-0.25, -0.2) is 0 Å². The maximum Gasteiger partial charge on any atom is 0.183 e. The Hall–Kier alpha value is -0.450. The fraction of sp³-hybridized carbons (Fsp3) is 0.909. The number of rotatable bonds is 4. The largest absolute Gasteiger partial charge is 0.365 e. The molecule has 0 aromatic rings. The van der Waals surface area contributed by atoms with Crippen molar-refractivity contribution in [3.8, 4) is 0 Å². The Morgan fingerprint density at radius 1 is 1.47 bits per heavy atom. The molecule has 0 radical (unpaired) electrons. The lowest BCUT2D eigenvalue weighted by Crippen LogP contribution is -2.32. The molecule has 88 valence electrons. The Morgan fingerprint density at radius 3 is 2.67 bits per heavy atom. The molecule has 4 nitrogen and oxygen atoms in total. The molecule has 1 aliphatic heterocycles. The molecule has 0 spiro atoms. The van der Waals surface area contributed by atoms with E-state index in [1.807, 2.05) is 20.8 Å². The van der Waals surface area contributed by atoms with E-state index < -0.39 is 0 Å². The zero-order valence-electron chi connectivity index (χ0n) is 9.91. The minimum Gasteiger partial charge on any atom is -0.365 e. The van der Waals surface area contributed by atoms with Gasteiger partial charge in [-0.05, 0) is 0 Å². The second kappa shape index (κ2) is 5.05. The van der Waals surface area contributed by atoms with Crippen molar-refractivity contribution in [1.82, 2.24) is 0 Å². The number of ether oxygens (including phenoxy) is 3. The Bertz CT molecular complexity index is 219. The molecule has 15 heavy (non-hydrogen) atoms. The number of carbonyl (C=O) groups excluding carboxylic acids is 1. The Kier molecular flexibility index (Phi) is 4.25. The SMILES string of the molecule is CO[C@@H]1OCC[C@H]1OCC(=O)C(C)(C)C. The van der Waals surface area contributed by atoms with E-state index in [-0.39, 0.29) is 30.2 Å². The molecule has 4 heteroatoms. The molecular formula is C11H20O4. The summed E-state index contributed by atoms with van der Waals surface area (Å²) < 4.78 is 15.9. The number of methoxy groups -OCH3 is 1. The van der Waals surface area contributed by atoms with Crippen molar-refractivity contribution in [2.75, 3.05) is 20.3 Å². The fourth-order valence-corrected chi connectivity index (χ4v) is 1.32. The van der Waals surface area contributed by atoms with Crippen molar-refractivity contribution in [3.63, 3.8) is 0 Å². The van der Waals surface area contributed by atoms with Gasteiger partial charge in [0.2, 0.25) is 0 Å². The van der Waals surface area contributed by atoms with Crippen LogP contribution in [0.5, 0.6) is 0 Å². The molecule has 0 amide bonds. The molecule has 0 N–H and O–H groups in total. The number of ketones is 1. The molecular weight excluding hydrogens is 196 g/mol. The normalized spacial score (nSPS) is 26.9. The highest BCUT2D eigenvalue weighted by Crippen LogP contribution is 2.20. The lowest BCUT2D eigenvalue weighted by molar-refractivity contribution is -0.157. The van der Waals surface area contributed by atoms with E-state index in [9.17, 15) is 4.79 Å². The van der Waals surface area contributed by atoms with E-state index in [2.05, 4.69) is 0 Å². The molecule has 0 bridgehead atoms. The van der Waals surface area contributed by atoms with Crippen molar-refractivity contribution < 1.29 is 19.0 Å². The predicted octanol–water partition coefficient (Wildman–Crippen LogP) is 1.38. The summed E-state index contributed by atoms with van der Waals surface area (Å²) in [5.74, 6) is 0.101. The molecule has 1 rings (SSSR count). The van der Waals surface area contributed by atoms with E-state index in [0.717, 1.165) is 6.42 Å². The summed E-state index contributed by atoms with van der Waals surface area (Å²) in [6.07, 6.45) is 0.356. The maximum atomic E-state index is 11.6. The minimum atomic E-state index is -0.345. The first kappa shape index (κ1) is 12.6. The van der Waals surface area contributed by atoms with E-state index >= 15 is 0 Å². The molecule has 2 atom stereocenters. The van der Waals surface area contributed by atoms with Crippen LogP contribution >= 0.6 is 0 Å². The molecule has 0 saturated carbocycles. The highest BCUT2D eigenvalue weighted by Gasteiger charge is 2.31. The second-order valence-electron chi connectivity index (χ2n) is 4.79. The van der Waals surface area contributed by atoms with Gasteiger partial charge in [-0.2, -0.15) is 0 Å². The van der Waals surface area contributed by atoms with Gasteiger partial charge in [-0.1, -0.05) is 20.8 Å². The van der Waals surface area contributed by atoms with Gasteiger partial charge in [0.1, 0.15) is 12.7 Å². The zero-order chi connectivity index (χ0) is 11.5. The molecule has 1 saturated heterocycles. The van der Waals surface area contributed by atoms with Crippen LogP contribution in [0.3, 0.4) is 0 Å². The first-order valence-corrected chi connectivity index (χ1v) is 5.24. The molecule has 1 aliphatic rings. The molecule has 0 unspecified atom stereocenters. The van der Waals surface area contributed by atoms with Crippen LogP contribution in [0.15, 0.2) is 0 Å². The average molecular weight is 216 g/mol. The predicted molar refractivity (Wildman–Crippen MR) is 55.6 cm³/mol. The van der Waals surface area contributed by atoms with Crippen LogP contribution in [0.4, 0.5) is 0 Å². The van der Waals surface area contributed by atoms with Crippen LogP contribution in [0.25, 0.3) is 0 Å². The standard InChI is InChI=1S/C11H20O4/c1-11(2,3)9(12)7-15-8-5-6-14-10(8)13-4/h8,10H,5-7H2,1-4H3/t8-,10-/m1/s1. The average Bonchev–Trinajstić information content (AvgIpc) is 2.59. The topological polar surface area (TPSA) is 44.8 Å².